The van der Waals surface area contributed by atoms with Gasteiger partial charge in [0.2, 0.25) is 10.0 Å². The van der Waals surface area contributed by atoms with Crippen LogP contribution in [0.25, 0.3) is 0 Å². The molecular formula is C17H25ClN2O2S. The largest absolute Gasteiger partial charge is 0.300 e. The quantitative estimate of drug-likeness (QED) is 0.834. The molecule has 2 heterocycles. The average Bonchev–Trinajstić information content (AvgIpc) is 2.56. The first-order chi connectivity index (χ1) is 11.0. The van der Waals surface area contributed by atoms with Crippen molar-refractivity contribution in [3.05, 3.63) is 29.3 Å². The average molecular weight is 357 g/mol. The summed E-state index contributed by atoms with van der Waals surface area (Å²) in [6, 6.07) is 7.09. The molecule has 23 heavy (non-hydrogen) atoms. The monoisotopic (exact) mass is 356 g/mol. The molecule has 4 nitrogen and oxygen atoms in total. The highest BCUT2D eigenvalue weighted by Crippen LogP contribution is 2.27. The number of nitrogens with zero attached hydrogens (tertiary/aromatic N) is 2. The van der Waals surface area contributed by atoms with Crippen molar-refractivity contribution in [1.82, 2.24) is 9.21 Å². The summed E-state index contributed by atoms with van der Waals surface area (Å²) in [6.07, 6.45) is 4.38. The van der Waals surface area contributed by atoms with Crippen LogP contribution >= 0.6 is 11.6 Å². The predicted octanol–water partition coefficient (Wildman–Crippen LogP) is 3.23. The molecule has 0 amide bonds. The molecule has 0 aromatic heterocycles. The smallest absolute Gasteiger partial charge is 0.243 e. The third-order valence-electron chi connectivity index (χ3n) is 5.19. The summed E-state index contributed by atoms with van der Waals surface area (Å²) in [7, 11) is -3.42. The SMILES string of the molecule is CC1CCN(C2CCN(S(=O)(=O)c3cccc(Cl)c3)CC2)CC1. The highest BCUT2D eigenvalue weighted by Gasteiger charge is 2.32. The molecule has 2 aliphatic heterocycles. The van der Waals surface area contributed by atoms with Crippen LogP contribution in [0.1, 0.15) is 32.6 Å². The van der Waals surface area contributed by atoms with Crippen LogP contribution in [0.3, 0.4) is 0 Å². The van der Waals surface area contributed by atoms with E-state index in [-0.39, 0.29) is 0 Å². The number of benzene rings is 1. The molecule has 0 unspecified atom stereocenters. The minimum Gasteiger partial charge on any atom is -0.300 e. The molecule has 0 spiro atoms. The zero-order valence-corrected chi connectivity index (χ0v) is 15.2. The normalized spacial score (nSPS) is 23.2. The van der Waals surface area contributed by atoms with E-state index in [1.165, 1.54) is 18.9 Å². The number of sulfonamides is 1. The molecule has 2 saturated heterocycles. The number of rotatable bonds is 3. The van der Waals surface area contributed by atoms with Crippen LogP contribution < -0.4 is 0 Å². The molecule has 128 valence electrons. The second-order valence-corrected chi connectivity index (χ2v) is 9.19. The second kappa shape index (κ2) is 7.09. The maximum atomic E-state index is 12.7. The number of piperidine rings is 2. The molecule has 1 aromatic rings. The van der Waals surface area contributed by atoms with Gasteiger partial charge in [-0.3, -0.25) is 0 Å². The molecule has 2 aliphatic rings. The maximum Gasteiger partial charge on any atom is 0.243 e. The van der Waals surface area contributed by atoms with Gasteiger partial charge in [-0.1, -0.05) is 24.6 Å². The van der Waals surface area contributed by atoms with Gasteiger partial charge >= 0.3 is 0 Å². The van der Waals surface area contributed by atoms with Crippen molar-refractivity contribution < 1.29 is 8.42 Å². The molecular weight excluding hydrogens is 332 g/mol. The van der Waals surface area contributed by atoms with Crippen molar-refractivity contribution in [1.29, 1.82) is 0 Å². The lowest BCUT2D eigenvalue weighted by Crippen LogP contribution is -2.48. The van der Waals surface area contributed by atoms with Crippen LogP contribution in [0.2, 0.25) is 5.02 Å². The van der Waals surface area contributed by atoms with E-state index in [4.69, 9.17) is 11.6 Å². The topological polar surface area (TPSA) is 40.6 Å². The summed E-state index contributed by atoms with van der Waals surface area (Å²) in [5.41, 5.74) is 0. The third-order valence-corrected chi connectivity index (χ3v) is 7.32. The van der Waals surface area contributed by atoms with Gasteiger partial charge in [-0.15, -0.1) is 0 Å². The molecule has 2 fully saturated rings. The van der Waals surface area contributed by atoms with E-state index in [1.54, 1.807) is 22.5 Å². The Morgan fingerprint density at radius 1 is 1.04 bits per heavy atom. The Hall–Kier alpha value is -0.620. The van der Waals surface area contributed by atoms with Gasteiger partial charge in [-0.25, -0.2) is 8.42 Å². The van der Waals surface area contributed by atoms with Gasteiger partial charge in [0.15, 0.2) is 0 Å². The van der Waals surface area contributed by atoms with Gasteiger partial charge in [0.05, 0.1) is 4.90 Å². The third kappa shape index (κ3) is 3.90. The van der Waals surface area contributed by atoms with Crippen molar-refractivity contribution in [2.75, 3.05) is 26.2 Å². The van der Waals surface area contributed by atoms with Crippen LogP contribution in [0.4, 0.5) is 0 Å². The van der Waals surface area contributed by atoms with Gasteiger partial charge in [0.1, 0.15) is 0 Å². The fourth-order valence-electron chi connectivity index (χ4n) is 3.62. The van der Waals surface area contributed by atoms with Gasteiger partial charge in [0.25, 0.3) is 0 Å². The molecule has 0 N–H and O–H groups in total. The van der Waals surface area contributed by atoms with Gasteiger partial charge in [-0.2, -0.15) is 4.31 Å². The van der Waals surface area contributed by atoms with E-state index in [1.807, 2.05) is 0 Å². The second-order valence-electron chi connectivity index (χ2n) is 6.81. The lowest BCUT2D eigenvalue weighted by Gasteiger charge is -2.41. The Morgan fingerprint density at radius 2 is 1.70 bits per heavy atom. The Morgan fingerprint density at radius 3 is 2.30 bits per heavy atom. The van der Waals surface area contributed by atoms with E-state index >= 15 is 0 Å². The Labute approximate surface area is 144 Å². The zero-order chi connectivity index (χ0) is 16.4. The molecule has 0 atom stereocenters. The minimum atomic E-state index is -3.42. The summed E-state index contributed by atoms with van der Waals surface area (Å²) in [6.45, 7) is 5.84. The summed E-state index contributed by atoms with van der Waals surface area (Å²) in [4.78, 5) is 2.86. The number of hydrogen-bond donors (Lipinski definition) is 0. The van der Waals surface area contributed by atoms with Crippen molar-refractivity contribution in [2.24, 2.45) is 5.92 Å². The van der Waals surface area contributed by atoms with E-state index in [9.17, 15) is 8.42 Å². The van der Waals surface area contributed by atoms with Crippen LogP contribution in [0.15, 0.2) is 29.2 Å². The highest BCUT2D eigenvalue weighted by atomic mass is 35.5. The van der Waals surface area contributed by atoms with Crippen LogP contribution in [-0.4, -0.2) is 49.8 Å². The first-order valence-electron chi connectivity index (χ1n) is 8.46. The van der Waals surface area contributed by atoms with Crippen molar-refractivity contribution in [3.63, 3.8) is 0 Å². The standard InChI is InChI=1S/C17H25ClN2O2S/c1-14-5-9-19(10-6-14)16-7-11-20(12-8-16)23(21,22)17-4-2-3-15(18)13-17/h2-4,13-14,16H,5-12H2,1H3. The lowest BCUT2D eigenvalue weighted by molar-refractivity contribution is 0.101. The summed E-state index contributed by atoms with van der Waals surface area (Å²) in [5, 5.41) is 0.461. The van der Waals surface area contributed by atoms with E-state index in [0.717, 1.165) is 31.8 Å². The van der Waals surface area contributed by atoms with Crippen molar-refractivity contribution >= 4 is 21.6 Å². The zero-order valence-electron chi connectivity index (χ0n) is 13.6. The molecule has 0 aliphatic carbocycles. The van der Waals surface area contributed by atoms with Crippen LogP contribution in [0.5, 0.6) is 0 Å². The fourth-order valence-corrected chi connectivity index (χ4v) is 5.39. The number of likely N-dealkylation sites (tertiary alicyclic amines) is 1. The summed E-state index contributed by atoms with van der Waals surface area (Å²) in [5.74, 6) is 0.828. The first kappa shape index (κ1) is 17.2. The van der Waals surface area contributed by atoms with Crippen LogP contribution in [-0.2, 0) is 10.0 Å². The Balaban J connectivity index is 1.62. The van der Waals surface area contributed by atoms with E-state index in [2.05, 4.69) is 11.8 Å². The molecule has 1 aromatic carbocycles. The Kier molecular flexibility index (Phi) is 5.31. The van der Waals surface area contributed by atoms with Gasteiger partial charge in [0, 0.05) is 24.2 Å². The highest BCUT2D eigenvalue weighted by molar-refractivity contribution is 7.89. The van der Waals surface area contributed by atoms with Gasteiger partial charge < -0.3 is 4.90 Å². The van der Waals surface area contributed by atoms with Crippen LogP contribution in [0, 0.1) is 5.92 Å². The molecule has 0 radical (unpaired) electrons. The first-order valence-corrected chi connectivity index (χ1v) is 10.3. The van der Waals surface area contributed by atoms with Crippen molar-refractivity contribution in [3.8, 4) is 0 Å². The molecule has 3 rings (SSSR count). The minimum absolute atomic E-state index is 0.301. The number of halogens is 1. The molecule has 0 bridgehead atoms. The lowest BCUT2D eigenvalue weighted by atomic mass is 9.95. The fraction of sp³-hybridized carbons (Fsp3) is 0.647. The van der Waals surface area contributed by atoms with Crippen molar-refractivity contribution in [2.45, 2.75) is 43.5 Å². The maximum absolute atomic E-state index is 12.7. The van der Waals surface area contributed by atoms with E-state index in [0.29, 0.717) is 29.0 Å². The molecule has 6 heteroatoms. The van der Waals surface area contributed by atoms with Gasteiger partial charge in [-0.05, 0) is 62.9 Å². The Bertz CT molecular complexity index is 634. The summed E-state index contributed by atoms with van der Waals surface area (Å²) < 4.78 is 27.1. The predicted molar refractivity (Wildman–Crippen MR) is 93.2 cm³/mol. The summed E-state index contributed by atoms with van der Waals surface area (Å²) >= 11 is 5.94. The van der Waals surface area contributed by atoms with E-state index < -0.39 is 10.0 Å². The molecule has 0 saturated carbocycles. The number of hydrogen-bond acceptors (Lipinski definition) is 3.